The van der Waals surface area contributed by atoms with Crippen LogP contribution in [-0.4, -0.2) is 26.8 Å². The number of carbonyl (C=O) groups is 2. The maximum Gasteiger partial charge on any atom is 0.272 e. The Hall–Kier alpha value is -3.43. The van der Waals surface area contributed by atoms with Crippen molar-refractivity contribution in [2.45, 2.75) is 11.8 Å². The summed E-state index contributed by atoms with van der Waals surface area (Å²) in [6, 6.07) is 17.4. The highest BCUT2D eigenvalue weighted by molar-refractivity contribution is 7.92. The van der Waals surface area contributed by atoms with E-state index in [0.717, 1.165) is 12.1 Å². The van der Waals surface area contributed by atoms with E-state index in [1.807, 2.05) is 0 Å². The third-order valence-corrected chi connectivity index (χ3v) is 6.74. The molecule has 0 aliphatic heterocycles. The number of anilines is 1. The van der Waals surface area contributed by atoms with Crippen molar-refractivity contribution in [3.63, 3.8) is 0 Å². The van der Waals surface area contributed by atoms with E-state index in [0.29, 0.717) is 5.69 Å². The molecule has 0 aliphatic rings. The first-order valence-electron chi connectivity index (χ1n) is 9.48. The molecule has 0 saturated heterocycles. The zero-order valence-electron chi connectivity index (χ0n) is 16.9. The van der Waals surface area contributed by atoms with Gasteiger partial charge in [-0.2, -0.15) is 0 Å². The minimum atomic E-state index is -4.00. The molecule has 2 amide bonds. The number of sulfonamides is 1. The summed E-state index contributed by atoms with van der Waals surface area (Å²) in [6.45, 7) is 1.85. The summed E-state index contributed by atoms with van der Waals surface area (Å²) in [5, 5.41) is -0.0237. The Morgan fingerprint density at radius 2 is 1.50 bits per heavy atom. The Labute approximate surface area is 189 Å². The minimum Gasteiger partial charge on any atom is -0.267 e. The number of carbonyl (C=O) groups excluding carboxylic acids is 2. The summed E-state index contributed by atoms with van der Waals surface area (Å²) in [5.41, 5.74) is 4.23. The lowest BCUT2D eigenvalue weighted by atomic mass is 10.2. The van der Waals surface area contributed by atoms with Crippen LogP contribution >= 0.6 is 11.6 Å². The van der Waals surface area contributed by atoms with Gasteiger partial charge in [0.05, 0.1) is 26.7 Å². The molecule has 10 heteroatoms. The highest BCUT2D eigenvalue weighted by atomic mass is 35.5. The smallest absolute Gasteiger partial charge is 0.267 e. The van der Waals surface area contributed by atoms with Gasteiger partial charge in [0.1, 0.15) is 5.82 Å². The molecule has 0 fully saturated rings. The minimum absolute atomic E-state index is 0.0237. The van der Waals surface area contributed by atoms with Crippen molar-refractivity contribution >= 4 is 39.1 Å². The fourth-order valence-electron chi connectivity index (χ4n) is 2.95. The highest BCUT2D eigenvalue weighted by Gasteiger charge is 2.25. The van der Waals surface area contributed by atoms with Crippen LogP contribution in [0.2, 0.25) is 5.02 Å². The molecule has 0 bridgehead atoms. The van der Waals surface area contributed by atoms with Gasteiger partial charge < -0.3 is 0 Å². The Balaban J connectivity index is 1.84. The van der Waals surface area contributed by atoms with Gasteiger partial charge in [-0.05, 0) is 49.4 Å². The first kappa shape index (κ1) is 23.2. The molecule has 7 nitrogen and oxygen atoms in total. The fourth-order valence-corrected chi connectivity index (χ4v) is 4.65. The van der Waals surface area contributed by atoms with Gasteiger partial charge in [-0.3, -0.25) is 24.7 Å². The number of hydrogen-bond donors (Lipinski definition) is 2. The number of hydrogen-bond acceptors (Lipinski definition) is 4. The number of halogens is 2. The predicted octanol–water partition coefficient (Wildman–Crippen LogP) is 3.77. The molecule has 0 spiro atoms. The summed E-state index contributed by atoms with van der Waals surface area (Å²) < 4.78 is 41.3. The van der Waals surface area contributed by atoms with E-state index in [2.05, 4.69) is 10.9 Å². The van der Waals surface area contributed by atoms with Gasteiger partial charge in [-0.25, -0.2) is 12.8 Å². The lowest BCUT2D eigenvalue weighted by molar-refractivity contribution is 0.0844. The molecule has 0 unspecified atom stereocenters. The third kappa shape index (κ3) is 4.90. The summed E-state index contributed by atoms with van der Waals surface area (Å²) in [6.07, 6.45) is 0. The summed E-state index contributed by atoms with van der Waals surface area (Å²) in [7, 11) is -4.00. The van der Waals surface area contributed by atoms with Crippen LogP contribution < -0.4 is 15.2 Å². The lowest BCUT2D eigenvalue weighted by Crippen LogP contribution is -2.42. The van der Waals surface area contributed by atoms with E-state index < -0.39 is 27.7 Å². The van der Waals surface area contributed by atoms with Crippen molar-refractivity contribution in [2.24, 2.45) is 0 Å². The lowest BCUT2D eigenvalue weighted by Gasteiger charge is -2.23. The Kier molecular flexibility index (Phi) is 7.12. The Morgan fingerprint density at radius 1 is 0.906 bits per heavy atom. The van der Waals surface area contributed by atoms with Crippen molar-refractivity contribution in [1.82, 2.24) is 10.9 Å². The topological polar surface area (TPSA) is 95.6 Å². The van der Waals surface area contributed by atoms with Crippen LogP contribution in [0.15, 0.2) is 77.7 Å². The standard InChI is InChI=1S/C22H19ClFN3O4S/c1-2-27(15-8-4-3-5-9-15)32(30,31)16-12-13-19(23)18(14-16)22(29)26-25-21(28)17-10-6-7-11-20(17)24/h3-14H,2H2,1H3,(H,25,28)(H,26,29). The number of amides is 2. The fraction of sp³-hybridized carbons (Fsp3) is 0.0909. The van der Waals surface area contributed by atoms with E-state index in [1.54, 1.807) is 37.3 Å². The number of rotatable bonds is 6. The van der Waals surface area contributed by atoms with Crippen molar-refractivity contribution < 1.29 is 22.4 Å². The molecular weight excluding hydrogens is 457 g/mol. The Morgan fingerprint density at radius 3 is 2.12 bits per heavy atom. The molecule has 3 aromatic rings. The zero-order valence-corrected chi connectivity index (χ0v) is 18.5. The third-order valence-electron chi connectivity index (χ3n) is 4.51. The molecule has 32 heavy (non-hydrogen) atoms. The van der Waals surface area contributed by atoms with E-state index in [9.17, 15) is 22.4 Å². The number of nitrogens with one attached hydrogen (secondary N) is 2. The van der Waals surface area contributed by atoms with E-state index in [1.165, 1.54) is 34.6 Å². The molecule has 166 valence electrons. The zero-order chi connectivity index (χ0) is 23.3. The molecule has 0 atom stereocenters. The van der Waals surface area contributed by atoms with Crippen molar-refractivity contribution in [3.05, 3.63) is 94.8 Å². The number of benzene rings is 3. The average molecular weight is 476 g/mol. The van der Waals surface area contributed by atoms with Crippen molar-refractivity contribution in [1.29, 1.82) is 0 Å². The summed E-state index contributed by atoms with van der Waals surface area (Å²) in [5.74, 6) is -2.50. The van der Waals surface area contributed by atoms with Gasteiger partial charge in [0.15, 0.2) is 0 Å². The van der Waals surface area contributed by atoms with Gasteiger partial charge in [0, 0.05) is 6.54 Å². The second kappa shape index (κ2) is 9.80. The SMILES string of the molecule is CCN(c1ccccc1)S(=O)(=O)c1ccc(Cl)c(C(=O)NNC(=O)c2ccccc2F)c1. The summed E-state index contributed by atoms with van der Waals surface area (Å²) >= 11 is 6.09. The molecule has 0 aromatic heterocycles. The molecule has 0 radical (unpaired) electrons. The maximum absolute atomic E-state index is 13.7. The average Bonchev–Trinajstić information content (AvgIpc) is 2.78. The van der Waals surface area contributed by atoms with Crippen LogP contribution in [0.1, 0.15) is 27.6 Å². The van der Waals surface area contributed by atoms with Crippen LogP contribution in [0, 0.1) is 5.82 Å². The number of hydrazine groups is 1. The molecule has 0 heterocycles. The maximum atomic E-state index is 13.7. The Bertz CT molecular complexity index is 1250. The predicted molar refractivity (Wildman–Crippen MR) is 119 cm³/mol. The van der Waals surface area contributed by atoms with E-state index in [-0.39, 0.29) is 27.6 Å². The quantitative estimate of drug-likeness (QED) is 0.530. The molecule has 0 aliphatic carbocycles. The van der Waals surface area contributed by atoms with Crippen LogP contribution in [0.3, 0.4) is 0 Å². The molecule has 3 aromatic carbocycles. The van der Waals surface area contributed by atoms with Gasteiger partial charge in [-0.1, -0.05) is 41.9 Å². The van der Waals surface area contributed by atoms with Crippen LogP contribution in [0.4, 0.5) is 10.1 Å². The molecular formula is C22H19ClFN3O4S. The summed E-state index contributed by atoms with van der Waals surface area (Å²) in [4.78, 5) is 24.5. The van der Waals surface area contributed by atoms with Crippen LogP contribution in [0.5, 0.6) is 0 Å². The molecule has 0 saturated carbocycles. The van der Waals surface area contributed by atoms with Crippen molar-refractivity contribution in [2.75, 3.05) is 10.8 Å². The van der Waals surface area contributed by atoms with Gasteiger partial charge >= 0.3 is 0 Å². The first-order chi connectivity index (χ1) is 15.3. The highest BCUT2D eigenvalue weighted by Crippen LogP contribution is 2.26. The second-order valence-corrected chi connectivity index (χ2v) is 8.80. The van der Waals surface area contributed by atoms with Crippen LogP contribution in [0.25, 0.3) is 0 Å². The molecule has 3 rings (SSSR count). The first-order valence-corrected chi connectivity index (χ1v) is 11.3. The number of nitrogens with zero attached hydrogens (tertiary/aromatic N) is 1. The molecule has 2 N–H and O–H groups in total. The van der Waals surface area contributed by atoms with Gasteiger partial charge in [0.25, 0.3) is 21.8 Å². The van der Waals surface area contributed by atoms with Gasteiger partial charge in [0.2, 0.25) is 0 Å². The van der Waals surface area contributed by atoms with E-state index >= 15 is 0 Å². The van der Waals surface area contributed by atoms with E-state index in [4.69, 9.17) is 11.6 Å². The van der Waals surface area contributed by atoms with Crippen LogP contribution in [-0.2, 0) is 10.0 Å². The number of para-hydroxylation sites is 1. The normalized spacial score (nSPS) is 11.0. The monoisotopic (exact) mass is 475 g/mol. The van der Waals surface area contributed by atoms with Gasteiger partial charge in [-0.15, -0.1) is 0 Å². The second-order valence-electron chi connectivity index (χ2n) is 6.54. The van der Waals surface area contributed by atoms with Crippen molar-refractivity contribution in [3.8, 4) is 0 Å². The largest absolute Gasteiger partial charge is 0.272 e.